The molecule has 6 nitrogen and oxygen atoms in total. The van der Waals surface area contributed by atoms with Crippen molar-refractivity contribution in [3.63, 3.8) is 0 Å². The van der Waals surface area contributed by atoms with Crippen LogP contribution in [0.5, 0.6) is 0 Å². The van der Waals surface area contributed by atoms with E-state index in [1.165, 1.54) is 19.3 Å². The van der Waals surface area contributed by atoms with E-state index in [9.17, 15) is 9.59 Å². The Hall–Kier alpha value is -1.14. The fourth-order valence-electron chi connectivity index (χ4n) is 2.70. The van der Waals surface area contributed by atoms with Crippen LogP contribution in [0.4, 0.5) is 0 Å². The first kappa shape index (κ1) is 14.3. The standard InChI is InChI=1S/C13H23N3O3/c1-19-10-5-11(13(14)18)16(7-10)8-12(17)15-6-9-3-2-4-9/h9-11H,2-8H2,1H3,(H2,14,18)(H,15,17)/t10-,11-/m0/s1. The van der Waals surface area contributed by atoms with E-state index in [1.807, 2.05) is 4.90 Å². The minimum Gasteiger partial charge on any atom is -0.380 e. The van der Waals surface area contributed by atoms with Crippen molar-refractivity contribution in [3.8, 4) is 0 Å². The Labute approximate surface area is 113 Å². The molecule has 2 amide bonds. The van der Waals surface area contributed by atoms with Gasteiger partial charge in [0.2, 0.25) is 11.8 Å². The lowest BCUT2D eigenvalue weighted by molar-refractivity contribution is -0.125. The van der Waals surface area contributed by atoms with Gasteiger partial charge in [0.1, 0.15) is 0 Å². The summed E-state index contributed by atoms with van der Waals surface area (Å²) in [5.74, 6) is 0.224. The van der Waals surface area contributed by atoms with Crippen LogP contribution in [-0.4, -0.2) is 55.6 Å². The van der Waals surface area contributed by atoms with Crippen LogP contribution in [0, 0.1) is 5.92 Å². The van der Waals surface area contributed by atoms with Gasteiger partial charge >= 0.3 is 0 Å². The van der Waals surface area contributed by atoms with E-state index in [2.05, 4.69) is 5.32 Å². The Kier molecular flexibility index (Phi) is 4.76. The van der Waals surface area contributed by atoms with Gasteiger partial charge in [0, 0.05) is 20.2 Å². The summed E-state index contributed by atoms with van der Waals surface area (Å²) in [6, 6.07) is -0.389. The quantitative estimate of drug-likeness (QED) is 0.679. The van der Waals surface area contributed by atoms with Gasteiger partial charge in [-0.15, -0.1) is 0 Å². The van der Waals surface area contributed by atoms with E-state index < -0.39 is 0 Å². The van der Waals surface area contributed by atoms with Gasteiger partial charge in [0.05, 0.1) is 18.7 Å². The average molecular weight is 269 g/mol. The molecule has 2 fully saturated rings. The van der Waals surface area contributed by atoms with Gasteiger partial charge in [-0.3, -0.25) is 14.5 Å². The van der Waals surface area contributed by atoms with Crippen molar-refractivity contribution in [2.45, 2.75) is 37.8 Å². The summed E-state index contributed by atoms with van der Waals surface area (Å²) in [5, 5.41) is 2.93. The van der Waals surface area contributed by atoms with E-state index in [0.717, 1.165) is 6.54 Å². The van der Waals surface area contributed by atoms with E-state index in [0.29, 0.717) is 18.9 Å². The first-order valence-corrected chi connectivity index (χ1v) is 6.93. The molecule has 108 valence electrons. The third kappa shape index (κ3) is 3.67. The molecule has 0 radical (unpaired) electrons. The maximum absolute atomic E-state index is 11.9. The van der Waals surface area contributed by atoms with Crippen molar-refractivity contribution in [1.29, 1.82) is 0 Å². The smallest absolute Gasteiger partial charge is 0.234 e. The molecule has 6 heteroatoms. The van der Waals surface area contributed by atoms with Gasteiger partial charge < -0.3 is 15.8 Å². The normalized spacial score (nSPS) is 28.1. The lowest BCUT2D eigenvalue weighted by Crippen LogP contribution is -2.46. The highest BCUT2D eigenvalue weighted by Gasteiger charge is 2.36. The molecule has 0 spiro atoms. The first-order chi connectivity index (χ1) is 9.10. The number of hydrogen-bond donors (Lipinski definition) is 2. The highest BCUT2D eigenvalue weighted by atomic mass is 16.5. The van der Waals surface area contributed by atoms with Crippen LogP contribution in [0.15, 0.2) is 0 Å². The maximum Gasteiger partial charge on any atom is 0.234 e. The zero-order valence-electron chi connectivity index (χ0n) is 11.4. The highest BCUT2D eigenvalue weighted by molar-refractivity contribution is 5.82. The molecule has 2 rings (SSSR count). The number of rotatable bonds is 6. The Morgan fingerprint density at radius 3 is 2.68 bits per heavy atom. The summed E-state index contributed by atoms with van der Waals surface area (Å²) < 4.78 is 5.25. The van der Waals surface area contributed by atoms with Crippen molar-refractivity contribution in [3.05, 3.63) is 0 Å². The third-order valence-corrected chi connectivity index (χ3v) is 4.19. The topological polar surface area (TPSA) is 84.7 Å². The van der Waals surface area contributed by atoms with Gasteiger partial charge in [-0.2, -0.15) is 0 Å². The largest absolute Gasteiger partial charge is 0.380 e. The minimum absolute atomic E-state index is 0.0167. The molecule has 1 heterocycles. The lowest BCUT2D eigenvalue weighted by Gasteiger charge is -2.26. The molecule has 2 atom stereocenters. The van der Waals surface area contributed by atoms with Gasteiger partial charge in [0.25, 0.3) is 0 Å². The molecule has 1 aliphatic heterocycles. The molecule has 2 aliphatic rings. The third-order valence-electron chi connectivity index (χ3n) is 4.19. The summed E-state index contributed by atoms with van der Waals surface area (Å²) in [6.07, 6.45) is 4.24. The second kappa shape index (κ2) is 6.34. The number of nitrogens with two attached hydrogens (primary N) is 1. The fourth-order valence-corrected chi connectivity index (χ4v) is 2.70. The zero-order chi connectivity index (χ0) is 13.8. The minimum atomic E-state index is -0.389. The van der Waals surface area contributed by atoms with Gasteiger partial charge in [-0.05, 0) is 25.2 Å². The van der Waals surface area contributed by atoms with Crippen molar-refractivity contribution >= 4 is 11.8 Å². The second-order valence-corrected chi connectivity index (χ2v) is 5.54. The molecule has 19 heavy (non-hydrogen) atoms. The summed E-state index contributed by atoms with van der Waals surface area (Å²) in [4.78, 5) is 25.0. The second-order valence-electron chi connectivity index (χ2n) is 5.54. The molecule has 1 saturated carbocycles. The Morgan fingerprint density at radius 1 is 1.42 bits per heavy atom. The number of nitrogens with zero attached hydrogens (tertiary/aromatic N) is 1. The van der Waals surface area contributed by atoms with E-state index in [1.54, 1.807) is 7.11 Å². The van der Waals surface area contributed by atoms with Crippen molar-refractivity contribution < 1.29 is 14.3 Å². The van der Waals surface area contributed by atoms with Gasteiger partial charge in [-0.25, -0.2) is 0 Å². The summed E-state index contributed by atoms with van der Waals surface area (Å²) in [6.45, 7) is 1.56. The van der Waals surface area contributed by atoms with E-state index in [4.69, 9.17) is 10.5 Å². The predicted molar refractivity (Wildman–Crippen MR) is 70.3 cm³/mol. The zero-order valence-corrected chi connectivity index (χ0v) is 11.4. The van der Waals surface area contributed by atoms with Crippen LogP contribution in [0.1, 0.15) is 25.7 Å². The summed E-state index contributed by atoms with van der Waals surface area (Å²) in [5.41, 5.74) is 5.37. The van der Waals surface area contributed by atoms with Crippen molar-refractivity contribution in [2.75, 3.05) is 26.7 Å². The van der Waals surface area contributed by atoms with Crippen LogP contribution < -0.4 is 11.1 Å². The molecular weight excluding hydrogens is 246 g/mol. The molecular formula is C13H23N3O3. The number of carbonyl (C=O) groups excluding carboxylic acids is 2. The van der Waals surface area contributed by atoms with Crippen molar-refractivity contribution in [2.24, 2.45) is 11.7 Å². The van der Waals surface area contributed by atoms with Crippen LogP contribution in [0.3, 0.4) is 0 Å². The van der Waals surface area contributed by atoms with Crippen LogP contribution in [-0.2, 0) is 14.3 Å². The Bertz CT molecular complexity index is 344. The SMILES string of the molecule is CO[C@H]1C[C@@H](C(N)=O)N(CC(=O)NCC2CCC2)C1. The lowest BCUT2D eigenvalue weighted by atomic mass is 9.85. The number of methoxy groups -OCH3 is 1. The molecule has 3 N–H and O–H groups in total. The number of carbonyl (C=O) groups is 2. The Balaban J connectivity index is 1.78. The highest BCUT2D eigenvalue weighted by Crippen LogP contribution is 2.25. The number of ether oxygens (including phenoxy) is 1. The monoisotopic (exact) mass is 269 g/mol. The van der Waals surface area contributed by atoms with E-state index >= 15 is 0 Å². The number of hydrogen-bond acceptors (Lipinski definition) is 4. The number of primary amides is 1. The Morgan fingerprint density at radius 2 is 2.16 bits per heavy atom. The van der Waals surface area contributed by atoms with Crippen molar-refractivity contribution in [1.82, 2.24) is 10.2 Å². The predicted octanol–water partition coefficient (Wildman–Crippen LogP) is -0.523. The molecule has 0 aromatic carbocycles. The van der Waals surface area contributed by atoms with E-state index in [-0.39, 0.29) is 30.5 Å². The number of nitrogens with one attached hydrogen (secondary N) is 1. The molecule has 0 aromatic heterocycles. The fraction of sp³-hybridized carbons (Fsp3) is 0.846. The maximum atomic E-state index is 11.9. The summed E-state index contributed by atoms with van der Waals surface area (Å²) >= 11 is 0. The molecule has 1 saturated heterocycles. The molecule has 0 aromatic rings. The molecule has 0 unspecified atom stereocenters. The molecule has 0 bridgehead atoms. The van der Waals surface area contributed by atoms with Crippen LogP contribution in [0.2, 0.25) is 0 Å². The van der Waals surface area contributed by atoms with Crippen LogP contribution >= 0.6 is 0 Å². The number of amides is 2. The van der Waals surface area contributed by atoms with Gasteiger partial charge in [-0.1, -0.05) is 6.42 Å². The first-order valence-electron chi connectivity index (χ1n) is 6.93. The van der Waals surface area contributed by atoms with Crippen LogP contribution in [0.25, 0.3) is 0 Å². The van der Waals surface area contributed by atoms with Gasteiger partial charge in [0.15, 0.2) is 0 Å². The summed E-state index contributed by atoms with van der Waals surface area (Å²) in [7, 11) is 1.61. The average Bonchev–Trinajstić information content (AvgIpc) is 2.70. The molecule has 1 aliphatic carbocycles. The number of likely N-dealkylation sites (tertiary alicyclic amines) is 1.